The van der Waals surface area contributed by atoms with Crippen LogP contribution < -0.4 is 16.4 Å². The number of nitrogens with zero attached hydrogens (tertiary/aromatic N) is 4. The van der Waals surface area contributed by atoms with Crippen molar-refractivity contribution in [2.24, 2.45) is 0 Å². The number of carbonyl (C=O) groups excluding carboxylic acids is 2. The number of nitrogen functional groups attached to an aromatic ring is 1. The van der Waals surface area contributed by atoms with Gasteiger partial charge in [-0.15, -0.1) is 0 Å². The summed E-state index contributed by atoms with van der Waals surface area (Å²) < 4.78 is 5.86. The molecule has 0 aliphatic heterocycles. The molecule has 0 radical (unpaired) electrons. The van der Waals surface area contributed by atoms with Crippen LogP contribution >= 0.6 is 0 Å². The van der Waals surface area contributed by atoms with Gasteiger partial charge in [-0.3, -0.25) is 14.7 Å². The molecular formula is C33H36N8O3. The predicted molar refractivity (Wildman–Crippen MR) is 169 cm³/mol. The van der Waals surface area contributed by atoms with Gasteiger partial charge < -0.3 is 21.1 Å². The minimum atomic E-state index is -0.344. The molecule has 44 heavy (non-hydrogen) atoms. The number of nitrogens with one attached hydrogen (secondary N) is 3. The maximum atomic E-state index is 12.7. The number of rotatable bonds is 11. The summed E-state index contributed by atoms with van der Waals surface area (Å²) in [6.07, 6.45) is 13.7. The lowest BCUT2D eigenvalue weighted by molar-refractivity contribution is -0.124. The number of aromatic nitrogens is 4. The lowest BCUT2D eigenvalue weighted by Crippen LogP contribution is -2.37. The maximum Gasteiger partial charge on any atom is 0.256 e. The third-order valence-corrected chi connectivity index (χ3v) is 7.63. The number of H-pyrrole nitrogens is 1. The molecule has 2 amide bonds. The SMILES string of the molecule is C[C@@H](CC(=O)NC1CCCCC1)OCC/C=C/c1cnc(N)c2c(-c3ccc(C(=O)Nc4cc(C#N)ccn4)cc3)[nH]nc12. The molecule has 4 aromatic rings. The Morgan fingerprint density at radius 1 is 1.18 bits per heavy atom. The third kappa shape index (κ3) is 7.65. The number of fused-ring (bicyclic) bond motifs is 1. The molecule has 3 heterocycles. The van der Waals surface area contributed by atoms with Crippen molar-refractivity contribution in [3.63, 3.8) is 0 Å². The van der Waals surface area contributed by atoms with Gasteiger partial charge in [0.1, 0.15) is 17.2 Å². The molecule has 226 valence electrons. The average molecular weight is 593 g/mol. The van der Waals surface area contributed by atoms with E-state index >= 15 is 0 Å². The fourth-order valence-corrected chi connectivity index (χ4v) is 5.34. The molecular weight excluding hydrogens is 556 g/mol. The topological polar surface area (TPSA) is 172 Å². The molecule has 11 nitrogen and oxygen atoms in total. The summed E-state index contributed by atoms with van der Waals surface area (Å²) in [5.74, 6) is 0.357. The second kappa shape index (κ2) is 14.4. The molecule has 5 rings (SSSR count). The van der Waals surface area contributed by atoms with E-state index in [-0.39, 0.29) is 17.9 Å². The number of aromatic amines is 1. The molecule has 1 aliphatic carbocycles. The van der Waals surface area contributed by atoms with Crippen LogP contribution in [-0.4, -0.2) is 50.7 Å². The first-order valence-electron chi connectivity index (χ1n) is 14.9. The molecule has 5 N–H and O–H groups in total. The Morgan fingerprint density at radius 3 is 2.75 bits per heavy atom. The van der Waals surface area contributed by atoms with Gasteiger partial charge in [0.2, 0.25) is 5.91 Å². The van der Waals surface area contributed by atoms with Crippen LogP contribution in [0.15, 0.2) is 54.9 Å². The summed E-state index contributed by atoms with van der Waals surface area (Å²) in [6.45, 7) is 2.42. The first-order valence-corrected chi connectivity index (χ1v) is 14.9. The van der Waals surface area contributed by atoms with Crippen molar-refractivity contribution in [1.29, 1.82) is 5.26 Å². The van der Waals surface area contributed by atoms with Crippen LogP contribution in [-0.2, 0) is 9.53 Å². The number of anilines is 2. The van der Waals surface area contributed by atoms with E-state index in [1.54, 1.807) is 36.5 Å². The summed E-state index contributed by atoms with van der Waals surface area (Å²) in [7, 11) is 0. The summed E-state index contributed by atoms with van der Waals surface area (Å²) in [5, 5.41) is 23.2. The standard InChI is InChI=1S/C33H36N8O3/c1-21(17-28(42)38-26-8-3-2-4-9-26)44-16-6-5-7-25-20-37-32(35)29-30(40-41-31(25)29)23-10-12-24(13-11-23)33(43)39-27-18-22(19-34)14-15-36-27/h5,7,10-15,18,20-21,26H,2-4,6,8-9,16-17H2,1H3,(H2,35,37)(H,38,42)(H,40,41)(H,36,39,43)/b7-5+/t21-/m0/s1. The quantitative estimate of drug-likeness (QED) is 0.168. The van der Waals surface area contributed by atoms with Gasteiger partial charge in [-0.05, 0) is 50.5 Å². The lowest BCUT2D eigenvalue weighted by atomic mass is 9.95. The van der Waals surface area contributed by atoms with Crippen molar-refractivity contribution in [1.82, 2.24) is 25.5 Å². The van der Waals surface area contributed by atoms with Crippen molar-refractivity contribution in [2.75, 3.05) is 17.7 Å². The minimum absolute atomic E-state index is 0.0575. The molecule has 3 aromatic heterocycles. The number of benzene rings is 1. The zero-order valence-corrected chi connectivity index (χ0v) is 24.7. The number of hydrogen-bond donors (Lipinski definition) is 4. The van der Waals surface area contributed by atoms with Gasteiger partial charge in [-0.25, -0.2) is 9.97 Å². The van der Waals surface area contributed by atoms with E-state index in [9.17, 15) is 9.59 Å². The Morgan fingerprint density at radius 2 is 1.98 bits per heavy atom. The Kier molecular flexibility index (Phi) is 9.94. The third-order valence-electron chi connectivity index (χ3n) is 7.63. The van der Waals surface area contributed by atoms with E-state index in [1.165, 1.54) is 31.5 Å². The van der Waals surface area contributed by atoms with Crippen molar-refractivity contribution in [3.05, 3.63) is 71.6 Å². The highest BCUT2D eigenvalue weighted by atomic mass is 16.5. The molecule has 0 unspecified atom stereocenters. The predicted octanol–water partition coefficient (Wildman–Crippen LogP) is 5.37. The number of ether oxygens (including phenoxy) is 1. The van der Waals surface area contributed by atoms with Crippen molar-refractivity contribution in [3.8, 4) is 17.3 Å². The van der Waals surface area contributed by atoms with E-state index < -0.39 is 0 Å². The van der Waals surface area contributed by atoms with Crippen molar-refractivity contribution >= 4 is 40.4 Å². The van der Waals surface area contributed by atoms with Crippen LogP contribution in [0, 0.1) is 11.3 Å². The Hall–Kier alpha value is -5.08. The van der Waals surface area contributed by atoms with E-state index in [0.717, 1.165) is 24.0 Å². The molecule has 1 aliphatic rings. The maximum absolute atomic E-state index is 12.7. The number of amides is 2. The molecule has 0 saturated heterocycles. The molecule has 0 spiro atoms. The van der Waals surface area contributed by atoms with Gasteiger partial charge in [-0.2, -0.15) is 10.4 Å². The van der Waals surface area contributed by atoms with Crippen LogP contribution in [0.25, 0.3) is 28.2 Å². The summed E-state index contributed by atoms with van der Waals surface area (Å²) in [6, 6.07) is 12.4. The lowest BCUT2D eigenvalue weighted by Gasteiger charge is -2.23. The first kappa shape index (κ1) is 30.4. The highest BCUT2D eigenvalue weighted by Crippen LogP contribution is 2.32. The van der Waals surface area contributed by atoms with Crippen LogP contribution in [0.2, 0.25) is 0 Å². The van der Waals surface area contributed by atoms with Gasteiger partial charge in [0.05, 0.1) is 41.8 Å². The van der Waals surface area contributed by atoms with E-state index in [0.29, 0.717) is 64.8 Å². The second-order valence-corrected chi connectivity index (χ2v) is 11.0. The molecule has 11 heteroatoms. The molecule has 1 atom stereocenters. The van der Waals surface area contributed by atoms with Crippen LogP contribution in [0.4, 0.5) is 11.6 Å². The molecule has 1 fully saturated rings. The summed E-state index contributed by atoms with van der Waals surface area (Å²) in [5.41, 5.74) is 10.1. The van der Waals surface area contributed by atoms with E-state index in [1.807, 2.05) is 25.1 Å². The van der Waals surface area contributed by atoms with Gasteiger partial charge >= 0.3 is 0 Å². The Balaban J connectivity index is 1.17. The van der Waals surface area contributed by atoms with Crippen molar-refractivity contribution < 1.29 is 14.3 Å². The number of pyridine rings is 2. The largest absolute Gasteiger partial charge is 0.383 e. The summed E-state index contributed by atoms with van der Waals surface area (Å²) >= 11 is 0. The normalized spacial score (nSPS) is 14.4. The van der Waals surface area contributed by atoms with Gasteiger partial charge in [0.25, 0.3) is 5.91 Å². The summed E-state index contributed by atoms with van der Waals surface area (Å²) in [4.78, 5) is 33.5. The number of hydrogen-bond acceptors (Lipinski definition) is 8. The first-order chi connectivity index (χ1) is 21.4. The van der Waals surface area contributed by atoms with Gasteiger partial charge in [0, 0.05) is 35.1 Å². The smallest absolute Gasteiger partial charge is 0.256 e. The Bertz CT molecular complexity index is 1680. The monoisotopic (exact) mass is 592 g/mol. The molecule has 0 bridgehead atoms. The van der Waals surface area contributed by atoms with Crippen LogP contribution in [0.5, 0.6) is 0 Å². The fourth-order valence-electron chi connectivity index (χ4n) is 5.34. The Labute approximate surface area is 255 Å². The fraction of sp³-hybridized carbons (Fsp3) is 0.333. The highest BCUT2D eigenvalue weighted by Gasteiger charge is 2.18. The van der Waals surface area contributed by atoms with Gasteiger partial charge in [0.15, 0.2) is 0 Å². The number of nitrogens with two attached hydrogens (primary N) is 1. The van der Waals surface area contributed by atoms with Crippen LogP contribution in [0.1, 0.15) is 73.4 Å². The number of carbonyl (C=O) groups is 2. The average Bonchev–Trinajstić information content (AvgIpc) is 3.49. The second-order valence-electron chi connectivity index (χ2n) is 11.0. The minimum Gasteiger partial charge on any atom is -0.383 e. The zero-order chi connectivity index (χ0) is 30.9. The van der Waals surface area contributed by atoms with E-state index in [4.69, 9.17) is 15.7 Å². The van der Waals surface area contributed by atoms with E-state index in [2.05, 4.69) is 30.8 Å². The van der Waals surface area contributed by atoms with Crippen molar-refractivity contribution in [2.45, 2.75) is 64.0 Å². The zero-order valence-electron chi connectivity index (χ0n) is 24.7. The van der Waals surface area contributed by atoms with Crippen LogP contribution in [0.3, 0.4) is 0 Å². The number of nitriles is 1. The molecule has 1 saturated carbocycles. The molecule has 1 aromatic carbocycles. The highest BCUT2D eigenvalue weighted by molar-refractivity contribution is 6.05. The van der Waals surface area contributed by atoms with Gasteiger partial charge in [-0.1, -0.05) is 43.5 Å².